The minimum atomic E-state index is -0.813. The average Bonchev–Trinajstić information content (AvgIpc) is 3.02. The zero-order chi connectivity index (χ0) is 17.1. The van der Waals surface area contributed by atoms with Gasteiger partial charge in [0, 0.05) is 36.1 Å². The van der Waals surface area contributed by atoms with E-state index in [4.69, 9.17) is 5.11 Å². The van der Waals surface area contributed by atoms with Gasteiger partial charge < -0.3 is 10.0 Å². The van der Waals surface area contributed by atoms with Crippen molar-refractivity contribution in [3.05, 3.63) is 41.4 Å². The van der Waals surface area contributed by atoms with E-state index in [9.17, 15) is 4.79 Å². The molecule has 0 aliphatic carbocycles. The SMILES string of the molecule is Cc1cc(N2CCCC2c2nc(C)cc(CCC(=O)O)n2)ncn1. The lowest BCUT2D eigenvalue weighted by molar-refractivity contribution is -0.136. The highest BCUT2D eigenvalue weighted by atomic mass is 16.4. The van der Waals surface area contributed by atoms with Crippen molar-refractivity contribution in [1.29, 1.82) is 0 Å². The number of anilines is 1. The quantitative estimate of drug-likeness (QED) is 0.900. The summed E-state index contributed by atoms with van der Waals surface area (Å²) in [4.78, 5) is 30.8. The van der Waals surface area contributed by atoms with Crippen molar-refractivity contribution in [3.63, 3.8) is 0 Å². The minimum absolute atomic E-state index is 0.0720. The van der Waals surface area contributed by atoms with Gasteiger partial charge in [-0.25, -0.2) is 19.9 Å². The normalized spacial score (nSPS) is 17.2. The van der Waals surface area contributed by atoms with Crippen LogP contribution in [-0.2, 0) is 11.2 Å². The predicted molar refractivity (Wildman–Crippen MR) is 88.8 cm³/mol. The Balaban J connectivity index is 1.88. The van der Waals surface area contributed by atoms with E-state index in [2.05, 4.69) is 24.8 Å². The topological polar surface area (TPSA) is 92.1 Å². The standard InChI is InChI=1S/C17H21N5O2/c1-11-9-15(19-10-18-11)22-7-3-4-14(22)17-20-12(2)8-13(21-17)5-6-16(23)24/h8-10,14H,3-7H2,1-2H3,(H,23,24). The second-order valence-electron chi connectivity index (χ2n) is 6.12. The molecule has 0 saturated carbocycles. The summed E-state index contributed by atoms with van der Waals surface area (Å²) in [5.41, 5.74) is 2.58. The molecule has 1 unspecified atom stereocenters. The van der Waals surface area contributed by atoms with Gasteiger partial charge in [0.05, 0.1) is 12.5 Å². The maximum Gasteiger partial charge on any atom is 0.303 e. The van der Waals surface area contributed by atoms with Gasteiger partial charge in [-0.3, -0.25) is 4.79 Å². The maximum absolute atomic E-state index is 10.8. The lowest BCUT2D eigenvalue weighted by atomic mass is 10.1. The first-order chi connectivity index (χ1) is 11.5. The van der Waals surface area contributed by atoms with Gasteiger partial charge in [0.1, 0.15) is 12.1 Å². The van der Waals surface area contributed by atoms with Crippen LogP contribution in [0.3, 0.4) is 0 Å². The number of hydrogen-bond acceptors (Lipinski definition) is 6. The van der Waals surface area contributed by atoms with Gasteiger partial charge in [-0.15, -0.1) is 0 Å². The molecule has 0 amide bonds. The second kappa shape index (κ2) is 6.90. The lowest BCUT2D eigenvalue weighted by Crippen LogP contribution is -2.25. The van der Waals surface area contributed by atoms with E-state index < -0.39 is 5.97 Å². The Morgan fingerprint density at radius 3 is 2.83 bits per heavy atom. The monoisotopic (exact) mass is 327 g/mol. The fraction of sp³-hybridized carbons (Fsp3) is 0.471. The summed E-state index contributed by atoms with van der Waals surface area (Å²) >= 11 is 0. The molecule has 1 N–H and O–H groups in total. The third-order valence-corrected chi connectivity index (χ3v) is 4.15. The van der Waals surface area contributed by atoms with Gasteiger partial charge in [-0.2, -0.15) is 0 Å². The van der Waals surface area contributed by atoms with Crippen molar-refractivity contribution < 1.29 is 9.90 Å². The van der Waals surface area contributed by atoms with Crippen LogP contribution in [-0.4, -0.2) is 37.6 Å². The van der Waals surface area contributed by atoms with Gasteiger partial charge in [-0.1, -0.05) is 0 Å². The van der Waals surface area contributed by atoms with Gasteiger partial charge in [0.25, 0.3) is 0 Å². The maximum atomic E-state index is 10.8. The van der Waals surface area contributed by atoms with E-state index >= 15 is 0 Å². The molecule has 0 bridgehead atoms. The Kier molecular flexibility index (Phi) is 4.69. The summed E-state index contributed by atoms with van der Waals surface area (Å²) in [6, 6.07) is 3.91. The highest BCUT2D eigenvalue weighted by Gasteiger charge is 2.29. The Morgan fingerprint density at radius 1 is 1.25 bits per heavy atom. The van der Waals surface area contributed by atoms with Crippen LogP contribution in [0.15, 0.2) is 18.5 Å². The van der Waals surface area contributed by atoms with E-state index in [1.807, 2.05) is 26.0 Å². The number of aliphatic carboxylic acids is 1. The third-order valence-electron chi connectivity index (χ3n) is 4.15. The molecule has 2 aromatic heterocycles. The van der Waals surface area contributed by atoms with Crippen LogP contribution >= 0.6 is 0 Å². The molecule has 7 nitrogen and oxygen atoms in total. The molecule has 24 heavy (non-hydrogen) atoms. The number of rotatable bonds is 5. The number of carboxylic acid groups (broad SMARTS) is 1. The van der Waals surface area contributed by atoms with Crippen molar-refractivity contribution in [2.75, 3.05) is 11.4 Å². The molecule has 0 aromatic carbocycles. The van der Waals surface area contributed by atoms with E-state index in [0.29, 0.717) is 6.42 Å². The van der Waals surface area contributed by atoms with Gasteiger partial charge >= 0.3 is 5.97 Å². The molecule has 126 valence electrons. The number of carbonyl (C=O) groups is 1. The van der Waals surface area contributed by atoms with E-state index in [1.165, 1.54) is 0 Å². The number of nitrogens with zero attached hydrogens (tertiary/aromatic N) is 5. The molecule has 1 aliphatic rings. The van der Waals surface area contributed by atoms with Crippen LogP contribution in [0.4, 0.5) is 5.82 Å². The third kappa shape index (κ3) is 3.67. The summed E-state index contributed by atoms with van der Waals surface area (Å²) in [5, 5.41) is 8.88. The zero-order valence-corrected chi connectivity index (χ0v) is 13.9. The number of aromatic nitrogens is 4. The van der Waals surface area contributed by atoms with Crippen molar-refractivity contribution in [2.45, 2.75) is 45.6 Å². The number of hydrogen-bond donors (Lipinski definition) is 1. The van der Waals surface area contributed by atoms with Crippen LogP contribution in [0.25, 0.3) is 0 Å². The molecule has 1 aliphatic heterocycles. The molecule has 2 aromatic rings. The highest BCUT2D eigenvalue weighted by Crippen LogP contribution is 2.33. The van der Waals surface area contributed by atoms with E-state index in [0.717, 1.165) is 48.1 Å². The summed E-state index contributed by atoms with van der Waals surface area (Å²) in [6.45, 7) is 4.77. The smallest absolute Gasteiger partial charge is 0.303 e. The van der Waals surface area contributed by atoms with E-state index in [1.54, 1.807) is 6.33 Å². The largest absolute Gasteiger partial charge is 0.481 e. The molecule has 1 atom stereocenters. The Labute approximate surface area is 140 Å². The molecule has 7 heteroatoms. The molecule has 1 fully saturated rings. The summed E-state index contributed by atoms with van der Waals surface area (Å²) in [6.07, 6.45) is 4.09. The Bertz CT molecular complexity index is 750. The summed E-state index contributed by atoms with van der Waals surface area (Å²) in [5.74, 6) is 0.832. The molecular formula is C17H21N5O2. The van der Waals surface area contributed by atoms with Crippen LogP contribution in [0.5, 0.6) is 0 Å². The van der Waals surface area contributed by atoms with E-state index in [-0.39, 0.29) is 12.5 Å². The molecule has 0 spiro atoms. The highest BCUT2D eigenvalue weighted by molar-refractivity contribution is 5.66. The molecule has 0 radical (unpaired) electrons. The number of carboxylic acids is 1. The predicted octanol–water partition coefficient (Wildman–Crippen LogP) is 2.24. The van der Waals surface area contributed by atoms with Crippen molar-refractivity contribution in [2.24, 2.45) is 0 Å². The average molecular weight is 327 g/mol. The van der Waals surface area contributed by atoms with Crippen LogP contribution in [0, 0.1) is 13.8 Å². The Morgan fingerprint density at radius 2 is 2.08 bits per heavy atom. The molecule has 1 saturated heterocycles. The molecular weight excluding hydrogens is 306 g/mol. The van der Waals surface area contributed by atoms with Crippen molar-refractivity contribution in [3.8, 4) is 0 Å². The first-order valence-corrected chi connectivity index (χ1v) is 8.14. The zero-order valence-electron chi connectivity index (χ0n) is 13.9. The van der Waals surface area contributed by atoms with Crippen LogP contribution in [0.1, 0.15) is 48.2 Å². The molecule has 3 rings (SSSR count). The summed E-state index contributed by atoms with van der Waals surface area (Å²) in [7, 11) is 0. The van der Waals surface area contributed by atoms with Crippen LogP contribution in [0.2, 0.25) is 0 Å². The van der Waals surface area contributed by atoms with Crippen molar-refractivity contribution in [1.82, 2.24) is 19.9 Å². The molecule has 3 heterocycles. The first-order valence-electron chi connectivity index (χ1n) is 8.14. The fourth-order valence-electron chi connectivity index (χ4n) is 3.08. The Hall–Kier alpha value is -2.57. The van der Waals surface area contributed by atoms with Gasteiger partial charge in [0.15, 0.2) is 5.82 Å². The second-order valence-corrected chi connectivity index (χ2v) is 6.12. The first kappa shape index (κ1) is 16.3. The fourth-order valence-corrected chi connectivity index (χ4v) is 3.08. The number of aryl methyl sites for hydroxylation is 3. The van der Waals surface area contributed by atoms with Crippen molar-refractivity contribution >= 4 is 11.8 Å². The van der Waals surface area contributed by atoms with Gasteiger partial charge in [0.2, 0.25) is 0 Å². The van der Waals surface area contributed by atoms with Gasteiger partial charge in [-0.05, 0) is 32.8 Å². The minimum Gasteiger partial charge on any atom is -0.481 e. The summed E-state index contributed by atoms with van der Waals surface area (Å²) < 4.78 is 0. The lowest BCUT2D eigenvalue weighted by Gasteiger charge is -2.25. The van der Waals surface area contributed by atoms with Crippen LogP contribution < -0.4 is 4.90 Å².